The normalized spacial score (nSPS) is 11.5. The van der Waals surface area contributed by atoms with Crippen molar-refractivity contribution in [3.63, 3.8) is 0 Å². The average molecular weight is 395 g/mol. The molecule has 0 radical (unpaired) electrons. The van der Waals surface area contributed by atoms with Crippen LogP contribution in [-0.4, -0.2) is 11.1 Å². The Morgan fingerprint density at radius 1 is 0.536 bits per heavy atom. The van der Waals surface area contributed by atoms with Crippen LogP contribution in [0.25, 0.3) is 0 Å². The highest BCUT2D eigenvalue weighted by Crippen LogP contribution is 2.13. The highest BCUT2D eigenvalue weighted by Gasteiger charge is 1.97. The van der Waals surface area contributed by atoms with E-state index in [0.29, 0.717) is 6.42 Å². The van der Waals surface area contributed by atoms with E-state index < -0.39 is 5.97 Å². The fourth-order valence-electron chi connectivity index (χ4n) is 3.76. The van der Waals surface area contributed by atoms with Crippen LogP contribution in [0.4, 0.5) is 0 Å². The lowest BCUT2D eigenvalue weighted by molar-refractivity contribution is -0.137. The number of allylic oxidation sites excluding steroid dienone is 2. The molecule has 0 rings (SSSR count). The lowest BCUT2D eigenvalue weighted by Crippen LogP contribution is -1.93. The standard InChI is InChI=1S/C26H50O2/c1-2-3-4-5-6-7-8-9-10-11-12-13-14-15-16-17-18-19-20-21-22-23-24-25-26(27)28/h11-12H,2-10,13-25H2,1H3,(H,27,28). The summed E-state index contributed by atoms with van der Waals surface area (Å²) >= 11 is 0. The summed E-state index contributed by atoms with van der Waals surface area (Å²) in [5, 5.41) is 8.58. The van der Waals surface area contributed by atoms with Gasteiger partial charge < -0.3 is 5.11 Å². The Morgan fingerprint density at radius 2 is 0.857 bits per heavy atom. The molecule has 0 aromatic carbocycles. The van der Waals surface area contributed by atoms with Gasteiger partial charge in [0.1, 0.15) is 0 Å². The van der Waals surface area contributed by atoms with Gasteiger partial charge in [-0.15, -0.1) is 0 Å². The number of unbranched alkanes of at least 4 members (excludes halogenated alkanes) is 19. The minimum absolute atomic E-state index is 0.342. The third-order valence-electron chi connectivity index (χ3n) is 5.65. The lowest BCUT2D eigenvalue weighted by atomic mass is 10.0. The first kappa shape index (κ1) is 27.2. The van der Waals surface area contributed by atoms with Crippen LogP contribution in [0.1, 0.15) is 148 Å². The van der Waals surface area contributed by atoms with Crippen LogP contribution in [0.15, 0.2) is 12.2 Å². The Morgan fingerprint density at radius 3 is 1.21 bits per heavy atom. The number of carbonyl (C=O) groups is 1. The first-order valence-corrected chi connectivity index (χ1v) is 12.6. The van der Waals surface area contributed by atoms with Crippen LogP contribution >= 0.6 is 0 Å². The SMILES string of the molecule is CCCCCCCCCCC=CCCCCCCCCCCCCCC(=O)O. The molecule has 0 aliphatic carbocycles. The van der Waals surface area contributed by atoms with Crippen molar-refractivity contribution in [1.29, 1.82) is 0 Å². The Hall–Kier alpha value is -0.790. The number of aliphatic carboxylic acids is 1. The van der Waals surface area contributed by atoms with Crippen molar-refractivity contribution >= 4 is 5.97 Å². The zero-order valence-electron chi connectivity index (χ0n) is 19.1. The van der Waals surface area contributed by atoms with Crippen molar-refractivity contribution in [2.45, 2.75) is 148 Å². The van der Waals surface area contributed by atoms with Crippen molar-refractivity contribution < 1.29 is 9.90 Å². The highest BCUT2D eigenvalue weighted by atomic mass is 16.4. The van der Waals surface area contributed by atoms with Crippen molar-refractivity contribution in [2.24, 2.45) is 0 Å². The lowest BCUT2D eigenvalue weighted by Gasteiger charge is -2.02. The molecule has 0 aliphatic rings. The van der Waals surface area contributed by atoms with Gasteiger partial charge in [-0.25, -0.2) is 0 Å². The molecule has 0 spiro atoms. The van der Waals surface area contributed by atoms with E-state index >= 15 is 0 Å². The van der Waals surface area contributed by atoms with Crippen molar-refractivity contribution in [3.05, 3.63) is 12.2 Å². The molecular weight excluding hydrogens is 344 g/mol. The molecule has 0 bridgehead atoms. The van der Waals surface area contributed by atoms with E-state index in [0.717, 1.165) is 12.8 Å². The maximum absolute atomic E-state index is 10.4. The van der Waals surface area contributed by atoms with Crippen LogP contribution in [0, 0.1) is 0 Å². The summed E-state index contributed by atoms with van der Waals surface area (Å²) in [4.78, 5) is 10.4. The molecule has 0 heterocycles. The Labute approximate surface area is 176 Å². The molecule has 0 saturated carbocycles. The Balaban J connectivity index is 3.07. The van der Waals surface area contributed by atoms with Crippen molar-refractivity contribution in [3.8, 4) is 0 Å². The Kier molecular flexibility index (Phi) is 23.6. The van der Waals surface area contributed by atoms with Gasteiger partial charge in [-0.05, 0) is 32.1 Å². The topological polar surface area (TPSA) is 37.3 Å². The molecule has 28 heavy (non-hydrogen) atoms. The molecule has 0 fully saturated rings. The fraction of sp³-hybridized carbons (Fsp3) is 0.885. The maximum atomic E-state index is 10.4. The number of rotatable bonds is 23. The van der Waals surface area contributed by atoms with Gasteiger partial charge in [0.25, 0.3) is 0 Å². The second-order valence-electron chi connectivity index (χ2n) is 8.56. The highest BCUT2D eigenvalue weighted by molar-refractivity contribution is 5.66. The molecule has 166 valence electrons. The van der Waals surface area contributed by atoms with Crippen LogP contribution in [0.2, 0.25) is 0 Å². The van der Waals surface area contributed by atoms with E-state index in [1.165, 1.54) is 122 Å². The molecular formula is C26H50O2. The number of hydrogen-bond donors (Lipinski definition) is 1. The predicted molar refractivity (Wildman–Crippen MR) is 124 cm³/mol. The summed E-state index contributed by atoms with van der Waals surface area (Å²) < 4.78 is 0. The first-order valence-electron chi connectivity index (χ1n) is 12.6. The largest absolute Gasteiger partial charge is 0.481 e. The summed E-state index contributed by atoms with van der Waals surface area (Å²) in [6.07, 6.45) is 33.0. The van der Waals surface area contributed by atoms with Crippen LogP contribution in [-0.2, 0) is 4.79 Å². The summed E-state index contributed by atoms with van der Waals surface area (Å²) in [6.45, 7) is 2.28. The third-order valence-corrected chi connectivity index (χ3v) is 5.65. The maximum Gasteiger partial charge on any atom is 0.303 e. The average Bonchev–Trinajstić information content (AvgIpc) is 2.68. The van der Waals surface area contributed by atoms with Gasteiger partial charge in [-0.1, -0.05) is 122 Å². The Bertz CT molecular complexity index is 335. The molecule has 0 aromatic rings. The van der Waals surface area contributed by atoms with Gasteiger partial charge in [0.15, 0.2) is 0 Å². The summed E-state index contributed by atoms with van der Waals surface area (Å²) in [7, 11) is 0. The summed E-state index contributed by atoms with van der Waals surface area (Å²) in [6, 6.07) is 0. The molecule has 2 heteroatoms. The molecule has 0 aliphatic heterocycles. The minimum Gasteiger partial charge on any atom is -0.481 e. The van der Waals surface area contributed by atoms with Gasteiger partial charge in [0.05, 0.1) is 0 Å². The zero-order chi connectivity index (χ0) is 20.5. The molecule has 0 unspecified atom stereocenters. The smallest absolute Gasteiger partial charge is 0.303 e. The zero-order valence-corrected chi connectivity index (χ0v) is 19.1. The van der Waals surface area contributed by atoms with Gasteiger partial charge in [-0.2, -0.15) is 0 Å². The van der Waals surface area contributed by atoms with E-state index in [-0.39, 0.29) is 0 Å². The van der Waals surface area contributed by atoms with Crippen LogP contribution in [0.5, 0.6) is 0 Å². The molecule has 0 aromatic heterocycles. The number of hydrogen-bond acceptors (Lipinski definition) is 1. The van der Waals surface area contributed by atoms with Gasteiger partial charge in [0, 0.05) is 6.42 Å². The number of carboxylic acid groups (broad SMARTS) is 1. The summed E-state index contributed by atoms with van der Waals surface area (Å²) in [5.74, 6) is -0.654. The van der Waals surface area contributed by atoms with E-state index in [9.17, 15) is 4.79 Å². The second kappa shape index (κ2) is 24.2. The van der Waals surface area contributed by atoms with Crippen LogP contribution < -0.4 is 0 Å². The predicted octanol–water partition coefficient (Wildman–Crippen LogP) is 9.23. The van der Waals surface area contributed by atoms with E-state index in [4.69, 9.17) is 5.11 Å². The molecule has 0 atom stereocenters. The quantitative estimate of drug-likeness (QED) is 0.138. The van der Waals surface area contributed by atoms with Gasteiger partial charge in [0.2, 0.25) is 0 Å². The van der Waals surface area contributed by atoms with Crippen molar-refractivity contribution in [1.82, 2.24) is 0 Å². The fourth-order valence-corrected chi connectivity index (χ4v) is 3.76. The molecule has 1 N–H and O–H groups in total. The van der Waals surface area contributed by atoms with E-state index in [1.807, 2.05) is 0 Å². The van der Waals surface area contributed by atoms with Crippen molar-refractivity contribution in [2.75, 3.05) is 0 Å². The van der Waals surface area contributed by atoms with Gasteiger partial charge in [-0.3, -0.25) is 4.79 Å². The van der Waals surface area contributed by atoms with E-state index in [1.54, 1.807) is 0 Å². The van der Waals surface area contributed by atoms with E-state index in [2.05, 4.69) is 19.1 Å². The monoisotopic (exact) mass is 394 g/mol. The first-order chi connectivity index (χ1) is 13.8. The third kappa shape index (κ3) is 25.2. The second-order valence-corrected chi connectivity index (χ2v) is 8.56. The molecule has 0 saturated heterocycles. The number of carboxylic acids is 1. The molecule has 0 amide bonds. The summed E-state index contributed by atoms with van der Waals surface area (Å²) in [5.41, 5.74) is 0. The molecule has 2 nitrogen and oxygen atoms in total. The van der Waals surface area contributed by atoms with Crippen LogP contribution in [0.3, 0.4) is 0 Å². The van der Waals surface area contributed by atoms with Gasteiger partial charge >= 0.3 is 5.97 Å². The minimum atomic E-state index is -0.654.